The Morgan fingerprint density at radius 2 is 1.96 bits per heavy atom. The number of hydrogen-bond donors (Lipinski definition) is 0. The van der Waals surface area contributed by atoms with Gasteiger partial charge in [0, 0.05) is 31.4 Å². The van der Waals surface area contributed by atoms with Gasteiger partial charge in [-0.1, -0.05) is 30.3 Å². The number of hydrogen-bond acceptors (Lipinski definition) is 5. The molecule has 4 aromatic rings. The lowest BCUT2D eigenvalue weighted by atomic mass is 10.2. The van der Waals surface area contributed by atoms with Crippen LogP contribution >= 0.6 is 11.3 Å². The van der Waals surface area contributed by atoms with Gasteiger partial charge in [-0.3, -0.25) is 0 Å². The monoisotopic (exact) mass is 335 g/mol. The molecule has 0 N–H and O–H groups in total. The molecule has 3 aromatic heterocycles. The molecule has 0 bridgehead atoms. The fourth-order valence-corrected chi connectivity index (χ4v) is 3.73. The fourth-order valence-electron chi connectivity index (χ4n) is 2.73. The molecular formula is C18H17N5S. The van der Waals surface area contributed by atoms with Crippen LogP contribution in [0.25, 0.3) is 20.7 Å². The molecule has 1 aromatic carbocycles. The van der Waals surface area contributed by atoms with E-state index in [-0.39, 0.29) is 0 Å². The van der Waals surface area contributed by atoms with Crippen LogP contribution in [0.2, 0.25) is 0 Å². The standard InChI is InChI=1S/C18H17N5S/c1-22-9-8-19-16(22)11-23(2)17-14-10-15(13-6-4-3-5-7-13)24-18(14)21-12-20-17/h3-10,12H,11H2,1-2H3. The predicted octanol–water partition coefficient (Wildman–Crippen LogP) is 3.73. The van der Waals surface area contributed by atoms with Crippen molar-refractivity contribution < 1.29 is 0 Å². The summed E-state index contributed by atoms with van der Waals surface area (Å²) in [5, 5.41) is 1.08. The highest BCUT2D eigenvalue weighted by atomic mass is 32.1. The van der Waals surface area contributed by atoms with Crippen molar-refractivity contribution in [3.8, 4) is 10.4 Å². The zero-order valence-electron chi connectivity index (χ0n) is 13.5. The molecule has 120 valence electrons. The summed E-state index contributed by atoms with van der Waals surface area (Å²) in [4.78, 5) is 17.7. The molecule has 0 saturated heterocycles. The van der Waals surface area contributed by atoms with Gasteiger partial charge in [0.15, 0.2) is 0 Å². The molecule has 0 radical (unpaired) electrons. The third-order valence-electron chi connectivity index (χ3n) is 4.03. The Bertz CT molecular complexity index is 973. The average molecular weight is 335 g/mol. The number of thiophene rings is 1. The van der Waals surface area contributed by atoms with Crippen LogP contribution in [0.15, 0.2) is 55.1 Å². The molecule has 0 spiro atoms. The van der Waals surface area contributed by atoms with E-state index >= 15 is 0 Å². The second-order valence-electron chi connectivity index (χ2n) is 5.70. The summed E-state index contributed by atoms with van der Waals surface area (Å²) in [6.07, 6.45) is 5.41. The predicted molar refractivity (Wildman–Crippen MR) is 98.2 cm³/mol. The SMILES string of the molecule is CN(Cc1nccn1C)c1ncnc2sc(-c3ccccc3)cc12. The fraction of sp³-hybridized carbons (Fsp3) is 0.167. The summed E-state index contributed by atoms with van der Waals surface area (Å²) in [5.74, 6) is 1.93. The Morgan fingerprint density at radius 1 is 1.12 bits per heavy atom. The van der Waals surface area contributed by atoms with E-state index in [0.29, 0.717) is 6.54 Å². The second kappa shape index (κ2) is 6.05. The molecule has 5 nitrogen and oxygen atoms in total. The zero-order chi connectivity index (χ0) is 16.5. The van der Waals surface area contributed by atoms with Crippen molar-refractivity contribution >= 4 is 27.4 Å². The lowest BCUT2D eigenvalue weighted by molar-refractivity contribution is 0.757. The summed E-state index contributed by atoms with van der Waals surface area (Å²) < 4.78 is 2.03. The summed E-state index contributed by atoms with van der Waals surface area (Å²) in [5.41, 5.74) is 1.21. The molecule has 0 unspecified atom stereocenters. The topological polar surface area (TPSA) is 46.8 Å². The molecule has 0 aliphatic rings. The Morgan fingerprint density at radius 3 is 2.71 bits per heavy atom. The number of imidazole rings is 1. The second-order valence-corrected chi connectivity index (χ2v) is 6.73. The van der Waals surface area contributed by atoms with E-state index in [1.807, 2.05) is 37.1 Å². The molecule has 24 heavy (non-hydrogen) atoms. The lowest BCUT2D eigenvalue weighted by Crippen LogP contribution is -2.20. The Balaban J connectivity index is 1.73. The number of aromatic nitrogens is 4. The number of anilines is 1. The van der Waals surface area contributed by atoms with Gasteiger partial charge in [-0.25, -0.2) is 15.0 Å². The minimum atomic E-state index is 0.701. The molecule has 4 rings (SSSR count). The lowest BCUT2D eigenvalue weighted by Gasteiger charge is -2.18. The summed E-state index contributed by atoms with van der Waals surface area (Å²) in [6.45, 7) is 0.701. The highest BCUT2D eigenvalue weighted by Gasteiger charge is 2.14. The van der Waals surface area contributed by atoms with Crippen molar-refractivity contribution in [1.82, 2.24) is 19.5 Å². The summed E-state index contributed by atoms with van der Waals surface area (Å²) in [6, 6.07) is 12.6. The largest absolute Gasteiger partial charge is 0.352 e. The van der Waals surface area contributed by atoms with Crippen molar-refractivity contribution in [1.29, 1.82) is 0 Å². The first-order valence-electron chi connectivity index (χ1n) is 7.69. The van der Waals surface area contributed by atoms with Crippen LogP contribution < -0.4 is 4.90 Å². The highest BCUT2D eigenvalue weighted by molar-refractivity contribution is 7.21. The van der Waals surface area contributed by atoms with Crippen LogP contribution in [-0.4, -0.2) is 26.6 Å². The van der Waals surface area contributed by atoms with E-state index in [1.165, 1.54) is 10.4 Å². The first kappa shape index (κ1) is 14.8. The Hall–Kier alpha value is -2.73. The third kappa shape index (κ3) is 2.65. The highest BCUT2D eigenvalue weighted by Crippen LogP contribution is 2.35. The zero-order valence-corrected chi connectivity index (χ0v) is 14.4. The van der Waals surface area contributed by atoms with Crippen molar-refractivity contribution in [2.45, 2.75) is 6.54 Å². The van der Waals surface area contributed by atoms with Gasteiger partial charge in [0.2, 0.25) is 0 Å². The van der Waals surface area contributed by atoms with Crippen LogP contribution in [-0.2, 0) is 13.6 Å². The molecule has 0 atom stereocenters. The Kier molecular flexibility index (Phi) is 3.74. The van der Waals surface area contributed by atoms with E-state index in [1.54, 1.807) is 17.7 Å². The van der Waals surface area contributed by atoms with Crippen molar-refractivity contribution in [2.24, 2.45) is 7.05 Å². The maximum atomic E-state index is 4.51. The van der Waals surface area contributed by atoms with Crippen molar-refractivity contribution in [2.75, 3.05) is 11.9 Å². The first-order chi connectivity index (χ1) is 11.7. The van der Waals surface area contributed by atoms with Crippen LogP contribution in [0, 0.1) is 0 Å². The maximum Gasteiger partial charge on any atom is 0.140 e. The molecule has 0 aliphatic heterocycles. The molecule has 0 amide bonds. The molecule has 0 fully saturated rings. The Labute approximate surface area is 144 Å². The van der Waals surface area contributed by atoms with Gasteiger partial charge in [0.05, 0.1) is 11.9 Å². The van der Waals surface area contributed by atoms with Crippen molar-refractivity contribution in [3.63, 3.8) is 0 Å². The number of fused-ring (bicyclic) bond motifs is 1. The van der Waals surface area contributed by atoms with Gasteiger partial charge in [0.25, 0.3) is 0 Å². The number of benzene rings is 1. The van der Waals surface area contributed by atoms with E-state index in [9.17, 15) is 0 Å². The number of rotatable bonds is 4. The minimum Gasteiger partial charge on any atom is -0.352 e. The summed E-state index contributed by atoms with van der Waals surface area (Å²) >= 11 is 1.69. The molecular weight excluding hydrogens is 318 g/mol. The smallest absolute Gasteiger partial charge is 0.140 e. The van der Waals surface area contributed by atoms with Crippen LogP contribution in [0.5, 0.6) is 0 Å². The molecule has 0 aliphatic carbocycles. The van der Waals surface area contributed by atoms with E-state index < -0.39 is 0 Å². The molecule has 0 saturated carbocycles. The molecule has 6 heteroatoms. The average Bonchev–Trinajstić information content (AvgIpc) is 3.22. The quantitative estimate of drug-likeness (QED) is 0.570. The first-order valence-corrected chi connectivity index (χ1v) is 8.51. The molecule has 3 heterocycles. The van der Waals surface area contributed by atoms with Crippen molar-refractivity contribution in [3.05, 3.63) is 60.9 Å². The van der Waals surface area contributed by atoms with Gasteiger partial charge in [-0.05, 0) is 11.6 Å². The minimum absolute atomic E-state index is 0.701. The third-order valence-corrected chi connectivity index (χ3v) is 5.12. The maximum absolute atomic E-state index is 4.51. The van der Waals surface area contributed by atoms with Crippen LogP contribution in [0.4, 0.5) is 5.82 Å². The summed E-state index contributed by atoms with van der Waals surface area (Å²) in [7, 11) is 4.04. The van der Waals surface area contributed by atoms with E-state index in [2.05, 4.69) is 50.2 Å². The van der Waals surface area contributed by atoms with Crippen LogP contribution in [0.1, 0.15) is 5.82 Å². The van der Waals surface area contributed by atoms with Crippen LogP contribution in [0.3, 0.4) is 0 Å². The van der Waals surface area contributed by atoms with Gasteiger partial charge in [0.1, 0.15) is 22.8 Å². The van der Waals surface area contributed by atoms with E-state index in [4.69, 9.17) is 0 Å². The normalized spacial score (nSPS) is 11.1. The number of nitrogens with zero attached hydrogens (tertiary/aromatic N) is 5. The number of aryl methyl sites for hydroxylation is 1. The van der Waals surface area contributed by atoms with E-state index in [0.717, 1.165) is 21.9 Å². The van der Waals surface area contributed by atoms with Gasteiger partial charge in [-0.2, -0.15) is 0 Å². The van der Waals surface area contributed by atoms with Gasteiger partial charge < -0.3 is 9.47 Å². The van der Waals surface area contributed by atoms with Gasteiger partial charge >= 0.3 is 0 Å². The van der Waals surface area contributed by atoms with Gasteiger partial charge in [-0.15, -0.1) is 11.3 Å².